The Morgan fingerprint density at radius 3 is 2.39 bits per heavy atom. The molecule has 1 fully saturated rings. The number of thiocarbonyl (C=S) groups is 1. The van der Waals surface area contributed by atoms with Crippen LogP contribution in [0.5, 0.6) is 5.75 Å². The Bertz CT molecular complexity index is 1480. The number of rotatable bonds is 5. The summed E-state index contributed by atoms with van der Waals surface area (Å²) in [5, 5.41) is 12.2. The van der Waals surface area contributed by atoms with Crippen molar-refractivity contribution in [3.8, 4) is 11.8 Å². The van der Waals surface area contributed by atoms with Crippen LogP contribution in [0.4, 0.5) is 5.69 Å². The lowest BCUT2D eigenvalue weighted by molar-refractivity contribution is -0.122. The third-order valence-electron chi connectivity index (χ3n) is 5.12. The smallest absolute Gasteiger partial charge is 0.270 e. The van der Waals surface area contributed by atoms with E-state index in [-0.39, 0.29) is 48.8 Å². The molecule has 2 amide bonds. The third-order valence-corrected chi connectivity index (χ3v) is 6.77. The van der Waals surface area contributed by atoms with Crippen LogP contribution in [0.25, 0.3) is 6.08 Å². The highest BCUT2D eigenvalue weighted by Gasteiger charge is 2.35. The summed E-state index contributed by atoms with van der Waals surface area (Å²) in [5.41, 5.74) is 1.51. The van der Waals surface area contributed by atoms with Crippen molar-refractivity contribution < 1.29 is 14.3 Å². The lowest BCUT2D eigenvalue weighted by Crippen LogP contribution is -2.54. The molecule has 0 unspecified atom stereocenters. The molecule has 36 heavy (non-hydrogen) atoms. The number of amides is 2. The number of benzene rings is 3. The minimum absolute atomic E-state index is 0.0668. The molecule has 1 N–H and O–H groups in total. The minimum atomic E-state index is -0.700. The molecule has 180 valence electrons. The quantitative estimate of drug-likeness (QED) is 0.211. The molecular formula is C25H13Cl4N3O3S. The minimum Gasteiger partial charge on any atom is -0.486 e. The summed E-state index contributed by atoms with van der Waals surface area (Å²) < 4.78 is 5.76. The number of carbonyl (C=O) groups is 2. The average molecular weight is 577 g/mol. The molecule has 11 heteroatoms. The van der Waals surface area contributed by atoms with E-state index in [1.807, 2.05) is 0 Å². The maximum atomic E-state index is 13.3. The van der Waals surface area contributed by atoms with Gasteiger partial charge in [-0.15, -0.1) is 0 Å². The van der Waals surface area contributed by atoms with E-state index >= 15 is 0 Å². The topological polar surface area (TPSA) is 82.4 Å². The Morgan fingerprint density at radius 1 is 1.00 bits per heavy atom. The van der Waals surface area contributed by atoms with Crippen LogP contribution in [-0.2, 0) is 16.2 Å². The van der Waals surface area contributed by atoms with Gasteiger partial charge in [-0.2, -0.15) is 5.26 Å². The van der Waals surface area contributed by atoms with Gasteiger partial charge in [0.1, 0.15) is 12.2 Å². The molecule has 0 saturated carbocycles. The lowest BCUT2D eigenvalue weighted by Gasteiger charge is -2.29. The molecular weight excluding hydrogens is 564 g/mol. The van der Waals surface area contributed by atoms with Crippen molar-refractivity contribution in [2.45, 2.75) is 6.61 Å². The number of hydrogen-bond acceptors (Lipinski definition) is 5. The second kappa shape index (κ2) is 10.9. The fraction of sp³-hybridized carbons (Fsp3) is 0.0400. The molecule has 6 nitrogen and oxygen atoms in total. The fourth-order valence-corrected chi connectivity index (χ4v) is 4.68. The number of hydrogen-bond donors (Lipinski definition) is 1. The van der Waals surface area contributed by atoms with Gasteiger partial charge in [-0.1, -0.05) is 70.7 Å². The van der Waals surface area contributed by atoms with Gasteiger partial charge >= 0.3 is 0 Å². The van der Waals surface area contributed by atoms with E-state index < -0.39 is 11.8 Å². The maximum absolute atomic E-state index is 13.3. The standard InChI is InChI=1S/C25H13Cl4N3O3S/c26-17-6-3-7-20(21(17)29)32-24(34)16(23(33)31-25(32)36)8-13-9-18(27)22(19(28)10-13)35-12-15-5-2-1-4-14(15)11-30/h1-10H,12H2,(H,31,33,36)/b16-8+. The number of nitrogens with one attached hydrogen (secondary N) is 1. The Kier molecular flexibility index (Phi) is 7.84. The second-order valence-corrected chi connectivity index (χ2v) is 9.39. The predicted molar refractivity (Wildman–Crippen MR) is 145 cm³/mol. The molecule has 1 aliphatic rings. The van der Waals surface area contributed by atoms with Crippen molar-refractivity contribution in [3.63, 3.8) is 0 Å². The van der Waals surface area contributed by atoms with Gasteiger partial charge in [0.15, 0.2) is 10.9 Å². The number of halogens is 4. The van der Waals surface area contributed by atoms with Crippen LogP contribution in [0, 0.1) is 11.3 Å². The Balaban J connectivity index is 1.64. The average Bonchev–Trinajstić information content (AvgIpc) is 2.84. The monoisotopic (exact) mass is 575 g/mol. The van der Waals surface area contributed by atoms with Crippen molar-refractivity contribution in [1.82, 2.24) is 5.32 Å². The molecule has 4 rings (SSSR count). The van der Waals surface area contributed by atoms with Gasteiger partial charge in [0.2, 0.25) is 0 Å². The summed E-state index contributed by atoms with van der Waals surface area (Å²) in [7, 11) is 0. The molecule has 3 aromatic rings. The van der Waals surface area contributed by atoms with Gasteiger partial charge in [-0.05, 0) is 54.2 Å². The normalized spacial score (nSPS) is 14.6. The Morgan fingerprint density at radius 2 is 1.69 bits per heavy atom. The van der Waals surface area contributed by atoms with Crippen LogP contribution >= 0.6 is 58.6 Å². The lowest BCUT2D eigenvalue weighted by atomic mass is 10.1. The van der Waals surface area contributed by atoms with Crippen molar-refractivity contribution in [1.29, 1.82) is 5.26 Å². The number of ether oxygens (including phenoxy) is 1. The van der Waals surface area contributed by atoms with Gasteiger partial charge in [0.25, 0.3) is 11.8 Å². The van der Waals surface area contributed by atoms with E-state index in [0.29, 0.717) is 16.7 Å². The van der Waals surface area contributed by atoms with Crippen LogP contribution in [-0.4, -0.2) is 16.9 Å². The molecule has 3 aromatic carbocycles. The van der Waals surface area contributed by atoms with Gasteiger partial charge in [-0.3, -0.25) is 19.8 Å². The number of nitrogens with zero attached hydrogens (tertiary/aromatic N) is 2. The number of nitriles is 1. The molecule has 0 bridgehead atoms. The highest BCUT2D eigenvalue weighted by Crippen LogP contribution is 2.37. The first-order valence-corrected chi connectivity index (χ1v) is 12.1. The molecule has 0 aliphatic carbocycles. The molecule has 0 aromatic heterocycles. The number of carbonyl (C=O) groups excluding carboxylic acids is 2. The SMILES string of the molecule is N#Cc1ccccc1COc1c(Cl)cc(/C=C2\C(=O)NC(=S)N(c3cccc(Cl)c3Cl)C2=O)cc1Cl. The van der Waals surface area contributed by atoms with Crippen LogP contribution in [0.15, 0.2) is 60.2 Å². The summed E-state index contributed by atoms with van der Waals surface area (Å²) in [5.74, 6) is -1.20. The van der Waals surface area contributed by atoms with Crippen LogP contribution in [0.3, 0.4) is 0 Å². The zero-order valence-electron chi connectivity index (χ0n) is 18.0. The van der Waals surface area contributed by atoms with E-state index in [0.717, 1.165) is 4.90 Å². The van der Waals surface area contributed by atoms with Crippen LogP contribution in [0.2, 0.25) is 20.1 Å². The first-order chi connectivity index (χ1) is 17.2. The third kappa shape index (κ3) is 5.19. The summed E-state index contributed by atoms with van der Waals surface area (Å²) in [6.07, 6.45) is 1.33. The summed E-state index contributed by atoms with van der Waals surface area (Å²) in [6.45, 7) is 0.0668. The first kappa shape index (κ1) is 26.0. The fourth-order valence-electron chi connectivity index (χ4n) is 3.41. The van der Waals surface area contributed by atoms with Gasteiger partial charge in [-0.25, -0.2) is 0 Å². The van der Waals surface area contributed by atoms with Crippen molar-refractivity contribution in [3.05, 3.63) is 97.0 Å². The maximum Gasteiger partial charge on any atom is 0.270 e. The summed E-state index contributed by atoms with van der Waals surface area (Å²) in [6, 6.07) is 16.8. The molecule has 1 aliphatic heterocycles. The molecule has 0 spiro atoms. The van der Waals surface area contributed by atoms with E-state index in [4.69, 9.17) is 63.4 Å². The Labute approximate surface area is 231 Å². The van der Waals surface area contributed by atoms with Crippen molar-refractivity contribution in [2.24, 2.45) is 0 Å². The first-order valence-electron chi connectivity index (χ1n) is 10.2. The number of anilines is 1. The Hall–Kier alpha value is -3.12. The summed E-state index contributed by atoms with van der Waals surface area (Å²) >= 11 is 30.3. The molecule has 1 saturated heterocycles. The van der Waals surface area contributed by atoms with Gasteiger partial charge in [0, 0.05) is 5.56 Å². The zero-order valence-corrected chi connectivity index (χ0v) is 21.9. The van der Waals surface area contributed by atoms with Crippen LogP contribution in [0.1, 0.15) is 16.7 Å². The predicted octanol–water partition coefficient (Wildman–Crippen LogP) is 6.58. The van der Waals surface area contributed by atoms with E-state index in [1.54, 1.807) is 42.5 Å². The van der Waals surface area contributed by atoms with E-state index in [1.165, 1.54) is 18.2 Å². The molecule has 0 atom stereocenters. The highest BCUT2D eigenvalue weighted by atomic mass is 35.5. The van der Waals surface area contributed by atoms with Crippen molar-refractivity contribution >= 4 is 87.3 Å². The van der Waals surface area contributed by atoms with Gasteiger partial charge < -0.3 is 4.74 Å². The van der Waals surface area contributed by atoms with Crippen LogP contribution < -0.4 is 15.0 Å². The van der Waals surface area contributed by atoms with Crippen molar-refractivity contribution in [2.75, 3.05) is 4.90 Å². The highest BCUT2D eigenvalue weighted by molar-refractivity contribution is 7.80. The zero-order chi connectivity index (χ0) is 26.0. The summed E-state index contributed by atoms with van der Waals surface area (Å²) in [4.78, 5) is 27.0. The van der Waals surface area contributed by atoms with E-state index in [9.17, 15) is 14.9 Å². The van der Waals surface area contributed by atoms with E-state index in [2.05, 4.69) is 11.4 Å². The molecule has 0 radical (unpaired) electrons. The molecule has 1 heterocycles. The second-order valence-electron chi connectivity index (χ2n) is 7.40. The largest absolute Gasteiger partial charge is 0.486 e. The van der Waals surface area contributed by atoms with Gasteiger partial charge in [0.05, 0.1) is 37.4 Å².